The highest BCUT2D eigenvalue weighted by Gasteiger charge is 2.57. The molecule has 5 rings (SSSR count). The number of hydrogen-bond acceptors (Lipinski definition) is 16. The number of β-lactam (4-membered cyclic amide) rings is 1. The standard InChI is InChI=1S/C26H28N8O7S4/c1-25(2,3)40-21(37)16(13-7-5-4-6-8-13)41-32-14(17-30-23(27)45-33-17)18(35)29-15-19(36)34-9-26(22(38)39,10-42-20(15)34)11-43-24-31-28-12-44-24/h4-8,12,15-16,20H,9-11H2,1-3H3,(H,29,35)(H,38,39)(H2,27,30,33)/t15?,16?,20-,26?/m1/s1. The first-order chi connectivity index (χ1) is 21.4. The van der Waals surface area contributed by atoms with Crippen LogP contribution in [0.2, 0.25) is 0 Å². The summed E-state index contributed by atoms with van der Waals surface area (Å²) in [5.74, 6) is -2.82. The van der Waals surface area contributed by atoms with E-state index in [0.29, 0.717) is 9.90 Å². The molecule has 19 heteroatoms. The molecule has 0 bridgehead atoms. The van der Waals surface area contributed by atoms with Crippen LogP contribution in [0, 0.1) is 5.41 Å². The third-order valence-electron chi connectivity index (χ3n) is 6.54. The molecule has 2 aliphatic heterocycles. The van der Waals surface area contributed by atoms with Gasteiger partial charge in [0.05, 0.1) is 0 Å². The van der Waals surface area contributed by atoms with Gasteiger partial charge in [0.15, 0.2) is 9.47 Å². The summed E-state index contributed by atoms with van der Waals surface area (Å²) in [6.45, 7) is 5.09. The summed E-state index contributed by atoms with van der Waals surface area (Å²) in [6, 6.07) is 7.50. The van der Waals surface area contributed by atoms with E-state index in [0.717, 1.165) is 11.5 Å². The summed E-state index contributed by atoms with van der Waals surface area (Å²) in [5, 5.41) is 24.0. The minimum Gasteiger partial charge on any atom is -0.481 e. The van der Waals surface area contributed by atoms with Crippen molar-refractivity contribution in [1.82, 2.24) is 29.8 Å². The maximum absolute atomic E-state index is 13.5. The molecule has 2 saturated heterocycles. The number of anilines is 1. The number of aromatic nitrogens is 4. The number of rotatable bonds is 11. The summed E-state index contributed by atoms with van der Waals surface area (Å²) in [4.78, 5) is 63.2. The monoisotopic (exact) mass is 692 g/mol. The van der Waals surface area contributed by atoms with Crippen molar-refractivity contribution < 1.29 is 33.9 Å². The third-order valence-corrected chi connectivity index (χ3v) is 10.8. The summed E-state index contributed by atoms with van der Waals surface area (Å²) in [5.41, 5.74) is 5.30. The van der Waals surface area contributed by atoms with E-state index in [1.165, 1.54) is 39.8 Å². The molecule has 3 unspecified atom stereocenters. The average molecular weight is 693 g/mol. The minimum atomic E-state index is -1.33. The van der Waals surface area contributed by atoms with Crippen molar-refractivity contribution in [1.29, 1.82) is 0 Å². The maximum atomic E-state index is 13.5. The fourth-order valence-corrected chi connectivity index (χ4v) is 8.17. The number of hydrogen-bond donors (Lipinski definition) is 3. The fourth-order valence-electron chi connectivity index (χ4n) is 4.39. The lowest BCUT2D eigenvalue weighted by atomic mass is 9.89. The van der Waals surface area contributed by atoms with E-state index in [-0.39, 0.29) is 29.0 Å². The Balaban J connectivity index is 1.32. The summed E-state index contributed by atoms with van der Waals surface area (Å²) in [6.07, 6.45) is -1.33. The molecule has 4 heterocycles. The van der Waals surface area contributed by atoms with E-state index < -0.39 is 58.0 Å². The Hall–Kier alpha value is -3.81. The molecule has 238 valence electrons. The van der Waals surface area contributed by atoms with Gasteiger partial charge >= 0.3 is 11.9 Å². The minimum absolute atomic E-state index is 0.0279. The molecule has 0 aliphatic carbocycles. The van der Waals surface area contributed by atoms with Crippen molar-refractivity contribution >= 4 is 81.0 Å². The normalized spacial score (nSPS) is 22.2. The predicted molar refractivity (Wildman–Crippen MR) is 168 cm³/mol. The zero-order valence-electron chi connectivity index (χ0n) is 24.1. The van der Waals surface area contributed by atoms with Crippen molar-refractivity contribution in [3.05, 3.63) is 47.2 Å². The molecular weight excluding hydrogens is 665 g/mol. The number of fused-ring (bicyclic) bond motifs is 1. The zero-order valence-corrected chi connectivity index (χ0v) is 27.4. The number of carboxylic acid groups (broad SMARTS) is 1. The number of nitrogens with one attached hydrogen (secondary N) is 1. The number of nitrogens with zero attached hydrogens (tertiary/aromatic N) is 6. The van der Waals surface area contributed by atoms with Crippen LogP contribution in [0.15, 0.2) is 45.3 Å². The second-order valence-corrected chi connectivity index (χ2v) is 15.0. The summed E-state index contributed by atoms with van der Waals surface area (Å²) < 4.78 is 10.2. The zero-order chi connectivity index (χ0) is 32.4. The molecular formula is C26H28N8O7S4. The highest BCUT2D eigenvalue weighted by molar-refractivity contribution is 8.01. The van der Waals surface area contributed by atoms with Gasteiger partial charge in [-0.25, -0.2) is 4.79 Å². The lowest BCUT2D eigenvalue weighted by Crippen LogP contribution is -2.74. The lowest BCUT2D eigenvalue weighted by molar-refractivity contribution is -0.169. The number of benzene rings is 1. The largest absolute Gasteiger partial charge is 0.481 e. The van der Waals surface area contributed by atoms with Crippen LogP contribution in [0.5, 0.6) is 0 Å². The van der Waals surface area contributed by atoms with Crippen molar-refractivity contribution in [2.24, 2.45) is 10.6 Å². The predicted octanol–water partition coefficient (Wildman–Crippen LogP) is 2.04. The summed E-state index contributed by atoms with van der Waals surface area (Å²) >= 11 is 4.66. The van der Waals surface area contributed by atoms with E-state index in [2.05, 4.69) is 30.0 Å². The van der Waals surface area contributed by atoms with Gasteiger partial charge in [0.25, 0.3) is 5.91 Å². The number of nitrogen functional groups attached to an aromatic ring is 1. The molecule has 2 aromatic heterocycles. The van der Waals surface area contributed by atoms with Gasteiger partial charge in [0.2, 0.25) is 23.5 Å². The lowest BCUT2D eigenvalue weighted by Gasteiger charge is -2.53. The Morgan fingerprint density at radius 2 is 2.04 bits per heavy atom. The van der Waals surface area contributed by atoms with Gasteiger partial charge < -0.3 is 30.6 Å². The molecule has 4 atom stereocenters. The highest BCUT2D eigenvalue weighted by atomic mass is 32.2. The van der Waals surface area contributed by atoms with Crippen molar-refractivity contribution in [2.45, 2.75) is 48.2 Å². The molecule has 1 aromatic carbocycles. The van der Waals surface area contributed by atoms with E-state index in [4.69, 9.17) is 15.3 Å². The van der Waals surface area contributed by atoms with Gasteiger partial charge in [-0.3, -0.25) is 14.4 Å². The Kier molecular flexibility index (Phi) is 9.61. The molecule has 0 saturated carbocycles. The quantitative estimate of drug-likeness (QED) is 0.0863. The number of nitrogens with two attached hydrogens (primary N) is 1. The third kappa shape index (κ3) is 7.37. The topological polar surface area (TPSA) is 212 Å². The highest BCUT2D eigenvalue weighted by Crippen LogP contribution is 2.44. The first-order valence-corrected chi connectivity index (χ1v) is 17.0. The number of oxime groups is 1. The van der Waals surface area contributed by atoms with E-state index in [9.17, 15) is 24.3 Å². The Bertz CT molecular complexity index is 1600. The van der Waals surface area contributed by atoms with Crippen LogP contribution in [0.1, 0.15) is 38.3 Å². The van der Waals surface area contributed by atoms with Crippen LogP contribution in [0.3, 0.4) is 0 Å². The van der Waals surface area contributed by atoms with Crippen LogP contribution in [-0.2, 0) is 28.8 Å². The molecule has 2 fully saturated rings. The average Bonchev–Trinajstić information content (AvgIpc) is 3.68. The molecule has 15 nitrogen and oxygen atoms in total. The van der Waals surface area contributed by atoms with Gasteiger partial charge in [-0.2, -0.15) is 9.36 Å². The molecule has 45 heavy (non-hydrogen) atoms. The maximum Gasteiger partial charge on any atom is 0.355 e. The van der Waals surface area contributed by atoms with E-state index >= 15 is 0 Å². The molecule has 2 aliphatic rings. The number of ether oxygens (including phenoxy) is 1. The van der Waals surface area contributed by atoms with Gasteiger partial charge in [-0.1, -0.05) is 58.6 Å². The molecule has 0 spiro atoms. The second-order valence-electron chi connectivity index (χ2n) is 11.0. The van der Waals surface area contributed by atoms with Crippen molar-refractivity contribution in [3.8, 4) is 0 Å². The Morgan fingerprint density at radius 1 is 1.29 bits per heavy atom. The Morgan fingerprint density at radius 3 is 2.67 bits per heavy atom. The van der Waals surface area contributed by atoms with Crippen LogP contribution >= 0.6 is 46.4 Å². The molecule has 2 amide bonds. The second kappa shape index (κ2) is 13.3. The number of carbonyl (C=O) groups excluding carboxylic acids is 3. The van der Waals surface area contributed by atoms with Gasteiger partial charge in [-0.05, 0) is 20.8 Å². The van der Waals surface area contributed by atoms with Crippen LogP contribution in [0.4, 0.5) is 5.13 Å². The number of carbonyl (C=O) groups is 4. The molecule has 4 N–H and O–H groups in total. The van der Waals surface area contributed by atoms with Crippen LogP contribution < -0.4 is 11.1 Å². The number of thioether (sulfide) groups is 2. The Labute approximate surface area is 273 Å². The summed E-state index contributed by atoms with van der Waals surface area (Å²) in [7, 11) is 0. The smallest absolute Gasteiger partial charge is 0.355 e. The van der Waals surface area contributed by atoms with E-state index in [1.54, 1.807) is 56.6 Å². The first kappa shape index (κ1) is 32.6. The van der Waals surface area contributed by atoms with Crippen LogP contribution in [0.25, 0.3) is 0 Å². The number of esters is 1. The van der Waals surface area contributed by atoms with Gasteiger partial charge in [0.1, 0.15) is 27.9 Å². The van der Waals surface area contributed by atoms with Crippen molar-refractivity contribution in [3.63, 3.8) is 0 Å². The van der Waals surface area contributed by atoms with Gasteiger partial charge in [0, 0.05) is 35.1 Å². The SMILES string of the molecule is CC(C)(C)OC(=O)C(ON=C(C(=O)NC1C(=O)N2CC(CSc3nncs3)(C(=O)O)CS[C@H]12)c1nsc(N)n1)c1ccccc1. The molecule has 3 aromatic rings. The van der Waals surface area contributed by atoms with E-state index in [1.807, 2.05) is 0 Å². The first-order valence-electron chi connectivity index (χ1n) is 13.3. The molecule has 0 radical (unpaired) electrons. The number of carboxylic acids is 1. The fraction of sp³-hybridized carbons (Fsp3) is 0.423. The number of aliphatic carboxylic acids is 1. The number of amides is 2. The van der Waals surface area contributed by atoms with Crippen LogP contribution in [-0.4, -0.2) is 94.1 Å². The van der Waals surface area contributed by atoms with Crippen molar-refractivity contribution in [2.75, 3.05) is 23.8 Å². The van der Waals surface area contributed by atoms with Gasteiger partial charge in [-0.15, -0.1) is 22.0 Å².